The van der Waals surface area contributed by atoms with Crippen molar-refractivity contribution in [3.05, 3.63) is 66.1 Å². The van der Waals surface area contributed by atoms with E-state index in [0.717, 1.165) is 6.26 Å². The quantitative estimate of drug-likeness (QED) is 0.607. The number of nitrogens with zero attached hydrogens (tertiary/aromatic N) is 1. The summed E-state index contributed by atoms with van der Waals surface area (Å²) in [6.45, 7) is 1.64. The van der Waals surface area contributed by atoms with Crippen molar-refractivity contribution in [3.63, 3.8) is 0 Å². The van der Waals surface area contributed by atoms with Crippen molar-refractivity contribution in [2.24, 2.45) is 0 Å². The molecule has 1 aromatic heterocycles. The number of carbonyl (C=O) groups is 1. The van der Waals surface area contributed by atoms with E-state index in [9.17, 15) is 18.3 Å². The van der Waals surface area contributed by atoms with Crippen LogP contribution >= 0.6 is 0 Å². The van der Waals surface area contributed by atoms with Gasteiger partial charge in [0, 0.05) is 11.8 Å². The third kappa shape index (κ3) is 5.66. The summed E-state index contributed by atoms with van der Waals surface area (Å²) in [5.41, 5.74) is 0.993. The number of carbonyl (C=O) groups excluding carboxylic acids is 1. The van der Waals surface area contributed by atoms with Gasteiger partial charge in [0.15, 0.2) is 9.84 Å². The van der Waals surface area contributed by atoms with Crippen LogP contribution in [-0.2, 0) is 16.3 Å². The van der Waals surface area contributed by atoms with Crippen LogP contribution in [0, 0.1) is 0 Å². The van der Waals surface area contributed by atoms with Gasteiger partial charge in [0.2, 0.25) is 0 Å². The minimum Gasteiger partial charge on any atom is -0.457 e. The summed E-state index contributed by atoms with van der Waals surface area (Å²) in [5.74, 6) is 0.329. The average Bonchev–Trinajstić information content (AvgIpc) is 3.13. The highest BCUT2D eigenvalue weighted by atomic mass is 32.2. The first-order valence-electron chi connectivity index (χ1n) is 8.71. The molecule has 29 heavy (non-hydrogen) atoms. The van der Waals surface area contributed by atoms with Crippen LogP contribution in [0.3, 0.4) is 0 Å². The number of rotatable bonds is 7. The second-order valence-corrected chi connectivity index (χ2v) is 8.57. The molecule has 0 saturated carbocycles. The molecule has 0 radical (unpaired) electrons. The van der Waals surface area contributed by atoms with Gasteiger partial charge in [-0.25, -0.2) is 13.4 Å². The van der Waals surface area contributed by atoms with Gasteiger partial charge >= 0.3 is 6.01 Å². The first kappa shape index (κ1) is 20.6. The number of aliphatic hydroxyl groups is 1. The third-order valence-electron chi connectivity index (χ3n) is 3.90. The molecule has 1 unspecified atom stereocenters. The highest BCUT2D eigenvalue weighted by Crippen LogP contribution is 2.26. The topological polar surface area (TPSA) is 119 Å². The average molecular weight is 416 g/mol. The van der Waals surface area contributed by atoms with Gasteiger partial charge in [-0.15, -0.1) is 0 Å². The summed E-state index contributed by atoms with van der Waals surface area (Å²) in [4.78, 5) is 16.5. The summed E-state index contributed by atoms with van der Waals surface area (Å²) in [6, 6.07) is 10.9. The molecular formula is C20H20N2O6S. The van der Waals surface area contributed by atoms with Crippen LogP contribution in [0.4, 0.5) is 6.01 Å². The second kappa shape index (κ2) is 8.46. The predicted octanol–water partition coefficient (Wildman–Crippen LogP) is 3.05. The fraction of sp³-hybridized carbons (Fsp3) is 0.200. The van der Waals surface area contributed by atoms with Gasteiger partial charge in [-0.3, -0.25) is 10.1 Å². The molecule has 152 valence electrons. The number of ether oxygens (including phenoxy) is 1. The van der Waals surface area contributed by atoms with Gasteiger partial charge in [-0.1, -0.05) is 0 Å². The summed E-state index contributed by atoms with van der Waals surface area (Å²) in [7, 11) is -3.31. The smallest absolute Gasteiger partial charge is 0.301 e. The molecule has 0 bridgehead atoms. The Bertz CT molecular complexity index is 1090. The number of benzene rings is 2. The molecule has 0 spiro atoms. The Labute approximate surface area is 168 Å². The molecule has 2 N–H and O–H groups in total. The minimum atomic E-state index is -3.31. The lowest BCUT2D eigenvalue weighted by molar-refractivity contribution is 0.102. The Balaban J connectivity index is 1.87. The first-order valence-corrected chi connectivity index (χ1v) is 10.6. The summed E-state index contributed by atoms with van der Waals surface area (Å²) >= 11 is 0. The molecular weight excluding hydrogens is 396 g/mol. The Morgan fingerprint density at radius 3 is 2.52 bits per heavy atom. The molecule has 0 fully saturated rings. The number of nitrogens with one attached hydrogen (secondary N) is 1. The van der Waals surface area contributed by atoms with E-state index in [1.165, 1.54) is 42.8 Å². The number of hydrogen-bond donors (Lipinski definition) is 2. The molecule has 0 aliphatic heterocycles. The normalized spacial score (nSPS) is 12.4. The standard InChI is InChI=1S/C20H20N2O6S/c1-13(23)9-14-10-15(19(24)22-20-21-7-8-27-20)12-17(11-14)28-16-3-5-18(6-4-16)29(2,25)26/h3-8,10-13,23H,9H2,1-2H3,(H,21,22,24). The SMILES string of the molecule is CC(O)Cc1cc(Oc2ccc(S(C)(=O)=O)cc2)cc(C(=O)Nc2ncco2)c1. The zero-order valence-electron chi connectivity index (χ0n) is 15.8. The van der Waals surface area contributed by atoms with E-state index in [4.69, 9.17) is 9.15 Å². The lowest BCUT2D eigenvalue weighted by Crippen LogP contribution is -2.13. The summed E-state index contributed by atoms with van der Waals surface area (Å²) < 4.78 is 34.0. The van der Waals surface area contributed by atoms with Gasteiger partial charge in [0.25, 0.3) is 5.91 Å². The van der Waals surface area contributed by atoms with Crippen LogP contribution in [-0.4, -0.2) is 36.8 Å². The molecule has 3 aromatic rings. The first-order chi connectivity index (χ1) is 13.7. The van der Waals surface area contributed by atoms with Gasteiger partial charge in [0.05, 0.1) is 17.2 Å². The van der Waals surface area contributed by atoms with Crippen LogP contribution in [0.2, 0.25) is 0 Å². The number of amides is 1. The van der Waals surface area contributed by atoms with E-state index in [1.807, 2.05) is 0 Å². The van der Waals surface area contributed by atoms with Crippen molar-refractivity contribution in [2.75, 3.05) is 11.6 Å². The van der Waals surface area contributed by atoms with Gasteiger partial charge in [0.1, 0.15) is 17.8 Å². The maximum atomic E-state index is 12.5. The molecule has 9 heteroatoms. The van der Waals surface area contributed by atoms with Crippen molar-refractivity contribution in [1.82, 2.24) is 4.98 Å². The number of hydrogen-bond acceptors (Lipinski definition) is 7. The third-order valence-corrected chi connectivity index (χ3v) is 5.03. The summed E-state index contributed by atoms with van der Waals surface area (Å²) in [6.07, 6.45) is 3.59. The minimum absolute atomic E-state index is 0.0646. The van der Waals surface area contributed by atoms with E-state index in [-0.39, 0.29) is 10.9 Å². The maximum absolute atomic E-state index is 12.5. The Morgan fingerprint density at radius 1 is 1.21 bits per heavy atom. The molecule has 1 heterocycles. The summed E-state index contributed by atoms with van der Waals surface area (Å²) in [5, 5.41) is 12.2. The highest BCUT2D eigenvalue weighted by Gasteiger charge is 2.14. The zero-order chi connectivity index (χ0) is 21.0. The fourth-order valence-electron chi connectivity index (χ4n) is 2.66. The second-order valence-electron chi connectivity index (χ2n) is 6.56. The molecule has 8 nitrogen and oxygen atoms in total. The van der Waals surface area contributed by atoms with Crippen LogP contribution in [0.15, 0.2) is 64.2 Å². The number of anilines is 1. The number of oxazole rings is 1. The van der Waals surface area contributed by atoms with E-state index in [1.54, 1.807) is 19.1 Å². The Morgan fingerprint density at radius 2 is 1.93 bits per heavy atom. The molecule has 0 aliphatic carbocycles. The van der Waals surface area contributed by atoms with Gasteiger partial charge < -0.3 is 14.3 Å². The van der Waals surface area contributed by atoms with Crippen LogP contribution in [0.25, 0.3) is 0 Å². The van der Waals surface area contributed by atoms with E-state index in [0.29, 0.717) is 29.0 Å². The van der Waals surface area contributed by atoms with Crippen molar-refractivity contribution >= 4 is 21.8 Å². The molecule has 1 atom stereocenters. The van der Waals surface area contributed by atoms with Crippen LogP contribution in [0.1, 0.15) is 22.8 Å². The molecule has 0 aliphatic rings. The highest BCUT2D eigenvalue weighted by molar-refractivity contribution is 7.90. The largest absolute Gasteiger partial charge is 0.457 e. The van der Waals surface area contributed by atoms with Crippen molar-refractivity contribution < 1.29 is 27.5 Å². The number of sulfone groups is 1. The van der Waals surface area contributed by atoms with Crippen LogP contribution in [0.5, 0.6) is 11.5 Å². The zero-order valence-corrected chi connectivity index (χ0v) is 16.6. The Kier molecular flexibility index (Phi) is 6.00. The van der Waals surface area contributed by atoms with E-state index >= 15 is 0 Å². The van der Waals surface area contributed by atoms with Gasteiger partial charge in [-0.2, -0.15) is 0 Å². The lowest BCUT2D eigenvalue weighted by Gasteiger charge is -2.12. The number of aromatic nitrogens is 1. The van der Waals surface area contributed by atoms with Crippen molar-refractivity contribution in [3.8, 4) is 11.5 Å². The van der Waals surface area contributed by atoms with Crippen LogP contribution < -0.4 is 10.1 Å². The van der Waals surface area contributed by atoms with E-state index < -0.39 is 21.8 Å². The predicted molar refractivity (Wildman–Crippen MR) is 106 cm³/mol. The lowest BCUT2D eigenvalue weighted by atomic mass is 10.0. The Hall–Kier alpha value is -3.17. The fourth-order valence-corrected chi connectivity index (χ4v) is 3.29. The maximum Gasteiger partial charge on any atom is 0.301 e. The molecule has 0 saturated heterocycles. The molecule has 3 rings (SSSR count). The number of aliphatic hydroxyl groups excluding tert-OH is 1. The monoisotopic (exact) mass is 416 g/mol. The van der Waals surface area contributed by atoms with E-state index in [2.05, 4.69) is 10.3 Å². The van der Waals surface area contributed by atoms with Crippen molar-refractivity contribution in [1.29, 1.82) is 0 Å². The molecule has 2 aromatic carbocycles. The van der Waals surface area contributed by atoms with Gasteiger partial charge in [-0.05, 0) is 61.4 Å². The van der Waals surface area contributed by atoms with Crippen molar-refractivity contribution in [2.45, 2.75) is 24.3 Å². The molecule has 1 amide bonds.